The van der Waals surface area contributed by atoms with Crippen LogP contribution in [0.5, 0.6) is 11.5 Å². The molecule has 0 atom stereocenters. The van der Waals surface area contributed by atoms with Crippen LogP contribution in [-0.4, -0.2) is 39.8 Å². The van der Waals surface area contributed by atoms with Gasteiger partial charge in [-0.1, -0.05) is 22.9 Å². The number of methoxy groups -OCH3 is 2. The van der Waals surface area contributed by atoms with Crippen molar-refractivity contribution in [3.05, 3.63) is 33.4 Å². The number of thiazole rings is 1. The Bertz CT molecular complexity index is 1230. The zero-order valence-corrected chi connectivity index (χ0v) is 18.9. The Morgan fingerprint density at radius 1 is 1.14 bits per heavy atom. The van der Waals surface area contributed by atoms with Crippen molar-refractivity contribution >= 4 is 60.5 Å². The third kappa shape index (κ3) is 4.42. The van der Waals surface area contributed by atoms with Crippen molar-refractivity contribution in [1.29, 1.82) is 0 Å². The summed E-state index contributed by atoms with van der Waals surface area (Å²) in [6.45, 7) is 1.64. The molecule has 0 radical (unpaired) electrons. The van der Waals surface area contributed by atoms with Crippen LogP contribution in [0.25, 0.3) is 10.2 Å². The molecule has 0 fully saturated rings. The molecule has 8 nitrogen and oxygen atoms in total. The van der Waals surface area contributed by atoms with E-state index in [4.69, 9.17) is 25.8 Å². The molecule has 156 valence electrons. The molecule has 0 aliphatic rings. The number of thiophene rings is 1. The number of rotatable bonds is 7. The number of benzene rings is 1. The SMILES string of the molecule is CCOC(=O)Cn1/c(=N/S(=O)(=O)c2ccc(Cl)s2)sc2c(OC)ccc(OC)c21. The smallest absolute Gasteiger partial charge is 0.326 e. The van der Waals surface area contributed by atoms with Gasteiger partial charge >= 0.3 is 5.97 Å². The first kappa shape index (κ1) is 21.6. The maximum atomic E-state index is 12.8. The Labute approximate surface area is 180 Å². The quantitative estimate of drug-likeness (QED) is 0.485. The first-order chi connectivity index (χ1) is 13.8. The standard InChI is InChI=1S/C17H17ClN2O6S3/c1-4-26-13(21)9-20-15-10(24-2)5-6-11(25-3)16(15)28-17(20)19-29(22,23)14-8-7-12(18)27-14/h5-8H,4,9H2,1-3H3/b19-17-. The van der Waals surface area contributed by atoms with Crippen molar-refractivity contribution in [3.63, 3.8) is 0 Å². The molecule has 0 aliphatic carbocycles. The van der Waals surface area contributed by atoms with E-state index in [0.29, 0.717) is 26.1 Å². The highest BCUT2D eigenvalue weighted by Crippen LogP contribution is 2.35. The second-order valence-electron chi connectivity index (χ2n) is 5.55. The lowest BCUT2D eigenvalue weighted by Gasteiger charge is -2.09. The highest BCUT2D eigenvalue weighted by molar-refractivity contribution is 7.92. The number of ether oxygens (including phenoxy) is 3. The number of sulfonamides is 1. The first-order valence-electron chi connectivity index (χ1n) is 8.27. The van der Waals surface area contributed by atoms with Crippen LogP contribution in [0.4, 0.5) is 0 Å². The van der Waals surface area contributed by atoms with E-state index in [-0.39, 0.29) is 22.2 Å². The highest BCUT2D eigenvalue weighted by Gasteiger charge is 2.21. The number of hydrogen-bond donors (Lipinski definition) is 0. The predicted molar refractivity (Wildman–Crippen MR) is 112 cm³/mol. The molecular formula is C17H17ClN2O6S3. The van der Waals surface area contributed by atoms with Crippen LogP contribution in [0.1, 0.15) is 6.92 Å². The van der Waals surface area contributed by atoms with Crippen molar-refractivity contribution in [2.24, 2.45) is 4.40 Å². The molecule has 0 saturated carbocycles. The Balaban J connectivity index is 2.31. The van der Waals surface area contributed by atoms with Crippen molar-refractivity contribution in [2.75, 3.05) is 20.8 Å². The van der Waals surface area contributed by atoms with Gasteiger partial charge in [-0.05, 0) is 31.2 Å². The third-order valence-corrected chi connectivity index (χ3v) is 7.96. The fourth-order valence-corrected chi connectivity index (χ4v) is 6.39. The summed E-state index contributed by atoms with van der Waals surface area (Å²) in [6, 6.07) is 6.24. The summed E-state index contributed by atoms with van der Waals surface area (Å²) in [5.74, 6) is 0.413. The minimum Gasteiger partial charge on any atom is -0.495 e. The number of carbonyl (C=O) groups excluding carboxylic acids is 1. The van der Waals surface area contributed by atoms with Gasteiger partial charge in [0.05, 0.1) is 25.2 Å². The lowest BCUT2D eigenvalue weighted by Crippen LogP contribution is -2.23. The van der Waals surface area contributed by atoms with E-state index in [1.807, 2.05) is 0 Å². The van der Waals surface area contributed by atoms with Crippen molar-refractivity contribution in [1.82, 2.24) is 4.57 Å². The summed E-state index contributed by atoms with van der Waals surface area (Å²) in [7, 11) is -1.06. The average molecular weight is 477 g/mol. The highest BCUT2D eigenvalue weighted by atomic mass is 35.5. The molecule has 1 aromatic carbocycles. The minimum atomic E-state index is -4.03. The van der Waals surface area contributed by atoms with E-state index >= 15 is 0 Å². The number of aromatic nitrogens is 1. The number of esters is 1. The van der Waals surface area contributed by atoms with Gasteiger partial charge in [-0.25, -0.2) is 0 Å². The van der Waals surface area contributed by atoms with Crippen molar-refractivity contribution in [2.45, 2.75) is 17.7 Å². The van der Waals surface area contributed by atoms with E-state index in [2.05, 4.69) is 4.40 Å². The van der Waals surface area contributed by atoms with Crippen LogP contribution >= 0.6 is 34.3 Å². The van der Waals surface area contributed by atoms with E-state index in [1.165, 1.54) is 30.9 Å². The molecule has 0 aliphatic heterocycles. The first-order valence-corrected chi connectivity index (χ1v) is 11.7. The fourth-order valence-electron chi connectivity index (χ4n) is 2.59. The zero-order chi connectivity index (χ0) is 21.2. The lowest BCUT2D eigenvalue weighted by molar-refractivity contribution is -0.143. The Morgan fingerprint density at radius 2 is 1.83 bits per heavy atom. The van der Waals surface area contributed by atoms with E-state index in [1.54, 1.807) is 19.1 Å². The van der Waals surface area contributed by atoms with Crippen LogP contribution in [0.2, 0.25) is 4.34 Å². The van der Waals surface area contributed by atoms with Crippen LogP contribution in [0.15, 0.2) is 32.9 Å². The number of carbonyl (C=O) groups is 1. The van der Waals surface area contributed by atoms with Gasteiger partial charge in [-0.2, -0.15) is 8.42 Å². The number of hydrogen-bond acceptors (Lipinski definition) is 8. The van der Waals surface area contributed by atoms with Crippen LogP contribution in [0, 0.1) is 0 Å². The summed E-state index contributed by atoms with van der Waals surface area (Å²) in [6.07, 6.45) is 0. The van der Waals surface area contributed by atoms with Gasteiger partial charge in [0.25, 0.3) is 10.0 Å². The van der Waals surface area contributed by atoms with Crippen molar-refractivity contribution in [3.8, 4) is 11.5 Å². The van der Waals surface area contributed by atoms with E-state index in [0.717, 1.165) is 22.7 Å². The molecule has 12 heteroatoms. The minimum absolute atomic E-state index is 0.00145. The van der Waals surface area contributed by atoms with E-state index < -0.39 is 16.0 Å². The Morgan fingerprint density at radius 3 is 2.41 bits per heavy atom. The molecule has 0 spiro atoms. The summed E-state index contributed by atoms with van der Waals surface area (Å²) >= 11 is 7.83. The number of halogens is 1. The second kappa shape index (κ2) is 8.74. The maximum absolute atomic E-state index is 12.8. The maximum Gasteiger partial charge on any atom is 0.326 e. The summed E-state index contributed by atoms with van der Waals surface area (Å²) in [4.78, 5) is 12.3. The molecule has 3 aromatic rings. The second-order valence-corrected chi connectivity index (χ2v) is 10.1. The Hall–Kier alpha value is -2.08. The predicted octanol–water partition coefficient (Wildman–Crippen LogP) is 3.29. The molecule has 0 bridgehead atoms. The third-order valence-electron chi connectivity index (χ3n) is 3.79. The van der Waals surface area contributed by atoms with Crippen LogP contribution in [0.3, 0.4) is 0 Å². The molecule has 3 rings (SSSR count). The van der Waals surface area contributed by atoms with Gasteiger partial charge < -0.3 is 18.8 Å². The molecular weight excluding hydrogens is 460 g/mol. The molecule has 29 heavy (non-hydrogen) atoms. The summed E-state index contributed by atoms with van der Waals surface area (Å²) in [5, 5.41) is 0. The van der Waals surface area contributed by atoms with Gasteiger partial charge in [0, 0.05) is 0 Å². The van der Waals surface area contributed by atoms with Gasteiger partial charge in [-0.15, -0.1) is 15.7 Å². The molecule has 0 amide bonds. The topological polar surface area (TPSA) is 96.2 Å². The van der Waals surface area contributed by atoms with Crippen molar-refractivity contribution < 1.29 is 27.4 Å². The van der Waals surface area contributed by atoms with Gasteiger partial charge in [0.1, 0.15) is 32.5 Å². The van der Waals surface area contributed by atoms with Gasteiger partial charge in [0.15, 0.2) is 0 Å². The molecule has 0 unspecified atom stereocenters. The monoisotopic (exact) mass is 476 g/mol. The normalized spacial score (nSPS) is 12.3. The van der Waals surface area contributed by atoms with Gasteiger partial charge in [0.2, 0.25) is 4.80 Å². The fraction of sp³-hybridized carbons (Fsp3) is 0.294. The zero-order valence-electron chi connectivity index (χ0n) is 15.7. The lowest BCUT2D eigenvalue weighted by atomic mass is 10.3. The Kier molecular flexibility index (Phi) is 6.52. The largest absolute Gasteiger partial charge is 0.495 e. The molecule has 2 heterocycles. The number of fused-ring (bicyclic) bond motifs is 1. The van der Waals surface area contributed by atoms with Crippen LogP contribution in [-0.2, 0) is 26.1 Å². The van der Waals surface area contributed by atoms with E-state index in [9.17, 15) is 13.2 Å². The summed E-state index contributed by atoms with van der Waals surface area (Å²) < 4.78 is 47.7. The molecule has 0 N–H and O–H groups in total. The molecule has 2 aromatic heterocycles. The summed E-state index contributed by atoms with van der Waals surface area (Å²) in [5.41, 5.74) is 0.489. The van der Waals surface area contributed by atoms with Gasteiger partial charge in [-0.3, -0.25) is 4.79 Å². The van der Waals surface area contributed by atoms with Crippen LogP contribution < -0.4 is 14.3 Å². The number of nitrogens with zero attached hydrogens (tertiary/aromatic N) is 2. The average Bonchev–Trinajstić information content (AvgIpc) is 3.26. The molecule has 0 saturated heterocycles.